The molecule has 1 aromatic carbocycles. The highest BCUT2D eigenvalue weighted by atomic mass is 32.2. The summed E-state index contributed by atoms with van der Waals surface area (Å²) < 4.78 is 28.1. The molecule has 0 radical (unpaired) electrons. The summed E-state index contributed by atoms with van der Waals surface area (Å²) in [5, 5.41) is 18.6. The number of aliphatic carboxylic acids is 1. The zero-order chi connectivity index (χ0) is 26.0. The summed E-state index contributed by atoms with van der Waals surface area (Å²) >= 11 is 0.943. The number of sulfonamides is 1. The van der Waals surface area contributed by atoms with Crippen LogP contribution in [-0.4, -0.2) is 63.3 Å². The van der Waals surface area contributed by atoms with Gasteiger partial charge < -0.3 is 32.9 Å². The Morgan fingerprint density at radius 1 is 1.09 bits per heavy atom. The SMILES string of the molecule is NCCNC(=O)c1cccc(S(=O)(=O)Nc2ccsc2C(=O)N[C@@H](CCCNC(N)N)C(=O)O)c1. The van der Waals surface area contributed by atoms with Crippen LogP contribution in [0.15, 0.2) is 40.6 Å². The predicted octanol–water partition coefficient (Wildman–Crippen LogP) is -1.01. The van der Waals surface area contributed by atoms with Crippen LogP contribution in [-0.2, 0) is 14.8 Å². The van der Waals surface area contributed by atoms with Gasteiger partial charge in [-0.05, 0) is 49.0 Å². The highest BCUT2D eigenvalue weighted by Crippen LogP contribution is 2.26. The summed E-state index contributed by atoms with van der Waals surface area (Å²) in [6.07, 6.45) is -0.261. The first kappa shape index (κ1) is 28.2. The van der Waals surface area contributed by atoms with Gasteiger partial charge in [-0.3, -0.25) is 19.6 Å². The second kappa shape index (κ2) is 13.1. The standard InChI is InChI=1S/C20H29N7O6S2/c21-7-9-24-17(28)12-3-1-4-13(11-12)35(32,33)27-14-6-10-34-16(14)18(29)26-15(19(30)31)5-2-8-25-20(22)23/h1,3-4,6,10-11,15,20,25,27H,2,5,7-9,21-23H2,(H,24,28)(H,26,29)(H,30,31)/t15-/m0/s1. The molecular formula is C20H29N7O6S2. The largest absolute Gasteiger partial charge is 0.480 e. The van der Waals surface area contributed by atoms with Gasteiger partial charge >= 0.3 is 5.97 Å². The molecular weight excluding hydrogens is 498 g/mol. The number of amides is 2. The van der Waals surface area contributed by atoms with Crippen molar-refractivity contribution in [3.05, 3.63) is 46.2 Å². The number of nitrogens with two attached hydrogens (primary N) is 3. The number of thiophene rings is 1. The summed E-state index contributed by atoms with van der Waals surface area (Å²) in [4.78, 5) is 36.2. The fourth-order valence-corrected chi connectivity index (χ4v) is 4.85. The number of hydrogen-bond acceptors (Lipinski definition) is 10. The summed E-state index contributed by atoms with van der Waals surface area (Å²) in [6, 6.07) is 5.55. The molecule has 15 heteroatoms. The molecule has 0 aliphatic heterocycles. The van der Waals surface area contributed by atoms with E-state index in [2.05, 4.69) is 20.7 Å². The van der Waals surface area contributed by atoms with Gasteiger partial charge in [-0.15, -0.1) is 11.3 Å². The maximum atomic E-state index is 12.9. The molecule has 0 bridgehead atoms. The molecule has 1 heterocycles. The van der Waals surface area contributed by atoms with Crippen molar-refractivity contribution >= 4 is 44.8 Å². The van der Waals surface area contributed by atoms with E-state index in [9.17, 15) is 27.9 Å². The third-order valence-corrected chi connectivity index (χ3v) is 6.88. The maximum absolute atomic E-state index is 12.9. The van der Waals surface area contributed by atoms with E-state index in [1.165, 1.54) is 35.7 Å². The number of carbonyl (C=O) groups excluding carboxylic acids is 2. The molecule has 0 fully saturated rings. The minimum Gasteiger partial charge on any atom is -0.480 e. The first-order chi connectivity index (χ1) is 16.5. The molecule has 0 saturated carbocycles. The quantitative estimate of drug-likeness (QED) is 0.110. The molecule has 0 unspecified atom stereocenters. The lowest BCUT2D eigenvalue weighted by atomic mass is 10.1. The van der Waals surface area contributed by atoms with E-state index >= 15 is 0 Å². The smallest absolute Gasteiger partial charge is 0.326 e. The second-order valence-corrected chi connectivity index (χ2v) is 9.93. The number of carboxylic acids is 1. The van der Waals surface area contributed by atoms with Crippen molar-refractivity contribution in [1.29, 1.82) is 0 Å². The first-order valence-electron chi connectivity index (χ1n) is 10.5. The Morgan fingerprint density at radius 2 is 1.83 bits per heavy atom. The Morgan fingerprint density at radius 3 is 2.49 bits per heavy atom. The number of benzene rings is 1. The third kappa shape index (κ3) is 8.57. The molecule has 1 aromatic heterocycles. The molecule has 0 aliphatic rings. The highest BCUT2D eigenvalue weighted by Gasteiger charge is 2.25. The molecule has 11 N–H and O–H groups in total. The van der Waals surface area contributed by atoms with Gasteiger partial charge in [0.25, 0.3) is 21.8 Å². The van der Waals surface area contributed by atoms with E-state index in [0.29, 0.717) is 13.0 Å². The van der Waals surface area contributed by atoms with E-state index in [-0.39, 0.29) is 40.5 Å². The van der Waals surface area contributed by atoms with Gasteiger partial charge in [0.2, 0.25) is 0 Å². The van der Waals surface area contributed by atoms with Crippen molar-refractivity contribution in [3.8, 4) is 0 Å². The molecule has 0 aliphatic carbocycles. The molecule has 13 nitrogen and oxygen atoms in total. The van der Waals surface area contributed by atoms with E-state index in [1.54, 1.807) is 0 Å². The van der Waals surface area contributed by atoms with Crippen LogP contribution in [0.3, 0.4) is 0 Å². The van der Waals surface area contributed by atoms with Crippen LogP contribution in [0.4, 0.5) is 5.69 Å². The Bertz CT molecular complexity index is 1140. The normalized spacial score (nSPS) is 12.2. The summed E-state index contributed by atoms with van der Waals surface area (Å²) in [6.45, 7) is 0.816. The highest BCUT2D eigenvalue weighted by molar-refractivity contribution is 7.92. The van der Waals surface area contributed by atoms with Gasteiger partial charge in [0.1, 0.15) is 17.2 Å². The Hall–Kier alpha value is -3.08. The van der Waals surface area contributed by atoms with Crippen LogP contribution in [0.5, 0.6) is 0 Å². The number of hydrogen-bond donors (Lipinski definition) is 8. The molecule has 2 amide bonds. The number of anilines is 1. The van der Waals surface area contributed by atoms with Gasteiger partial charge in [-0.2, -0.15) is 0 Å². The zero-order valence-corrected chi connectivity index (χ0v) is 20.3. The Balaban J connectivity index is 2.13. The van der Waals surface area contributed by atoms with Crippen molar-refractivity contribution in [1.82, 2.24) is 16.0 Å². The van der Waals surface area contributed by atoms with Crippen LogP contribution in [0.2, 0.25) is 0 Å². The topological polar surface area (TPSA) is 232 Å². The third-order valence-electron chi connectivity index (χ3n) is 4.61. The maximum Gasteiger partial charge on any atom is 0.326 e. The monoisotopic (exact) mass is 527 g/mol. The van der Waals surface area contributed by atoms with E-state index in [1.807, 2.05) is 0 Å². The fourth-order valence-electron chi connectivity index (χ4n) is 2.92. The van der Waals surface area contributed by atoms with Crippen LogP contribution < -0.4 is 37.9 Å². The lowest BCUT2D eigenvalue weighted by Crippen LogP contribution is -2.46. The van der Waals surface area contributed by atoms with Gasteiger partial charge in [0, 0.05) is 18.7 Å². The lowest BCUT2D eigenvalue weighted by molar-refractivity contribution is -0.139. The van der Waals surface area contributed by atoms with E-state index in [0.717, 1.165) is 11.3 Å². The molecule has 2 rings (SSSR count). The molecule has 2 aromatic rings. The number of nitrogens with one attached hydrogen (secondary N) is 4. The molecule has 0 saturated heterocycles. The van der Waals surface area contributed by atoms with Crippen molar-refractivity contribution in [3.63, 3.8) is 0 Å². The zero-order valence-electron chi connectivity index (χ0n) is 18.7. The summed E-state index contributed by atoms with van der Waals surface area (Å²) in [7, 11) is -4.16. The van der Waals surface area contributed by atoms with Crippen LogP contribution >= 0.6 is 11.3 Å². The predicted molar refractivity (Wildman–Crippen MR) is 131 cm³/mol. The average molecular weight is 528 g/mol. The molecule has 192 valence electrons. The number of rotatable bonds is 14. The molecule has 0 spiro atoms. The van der Waals surface area contributed by atoms with E-state index in [4.69, 9.17) is 17.2 Å². The van der Waals surface area contributed by atoms with Crippen LogP contribution in [0, 0.1) is 0 Å². The molecule has 35 heavy (non-hydrogen) atoms. The van der Waals surface area contributed by atoms with Crippen molar-refractivity contribution < 1.29 is 27.9 Å². The molecule has 1 atom stereocenters. The van der Waals surface area contributed by atoms with Crippen molar-refractivity contribution in [2.45, 2.75) is 30.1 Å². The minimum absolute atomic E-state index is 0.0150. The van der Waals surface area contributed by atoms with Gasteiger partial charge in [-0.1, -0.05) is 6.07 Å². The van der Waals surface area contributed by atoms with Gasteiger partial charge in [-0.25, -0.2) is 13.2 Å². The Labute approximate surface area is 206 Å². The van der Waals surface area contributed by atoms with Crippen molar-refractivity contribution in [2.24, 2.45) is 17.2 Å². The Kier molecular flexibility index (Phi) is 10.6. The van der Waals surface area contributed by atoms with Gasteiger partial charge in [0.05, 0.1) is 10.6 Å². The van der Waals surface area contributed by atoms with Crippen molar-refractivity contribution in [2.75, 3.05) is 24.4 Å². The van der Waals surface area contributed by atoms with Gasteiger partial charge in [0.15, 0.2) is 0 Å². The fraction of sp³-hybridized carbons (Fsp3) is 0.350. The first-order valence-corrected chi connectivity index (χ1v) is 12.9. The lowest BCUT2D eigenvalue weighted by Gasteiger charge is -2.16. The minimum atomic E-state index is -4.16. The second-order valence-electron chi connectivity index (χ2n) is 7.33. The number of carbonyl (C=O) groups is 3. The summed E-state index contributed by atoms with van der Waals surface area (Å²) in [5.74, 6) is -2.46. The summed E-state index contributed by atoms with van der Waals surface area (Å²) in [5.41, 5.74) is 16.2. The van der Waals surface area contributed by atoms with Crippen LogP contribution in [0.25, 0.3) is 0 Å². The van der Waals surface area contributed by atoms with E-state index < -0.39 is 40.1 Å². The average Bonchev–Trinajstić information content (AvgIpc) is 3.26. The van der Waals surface area contributed by atoms with Crippen LogP contribution in [0.1, 0.15) is 32.9 Å². The number of carboxylic acid groups (broad SMARTS) is 1.